The third kappa shape index (κ3) is 3.25. The fourth-order valence-electron chi connectivity index (χ4n) is 2.16. The lowest BCUT2D eigenvalue weighted by Crippen LogP contribution is -2.33. The van der Waals surface area contributed by atoms with Crippen molar-refractivity contribution in [2.75, 3.05) is 5.32 Å². The Labute approximate surface area is 99.0 Å². The van der Waals surface area contributed by atoms with Crippen molar-refractivity contribution in [3.05, 3.63) is 30.3 Å². The molecule has 0 aliphatic heterocycles. The number of halogens is 2. The number of alkyl halides is 2. The lowest BCUT2D eigenvalue weighted by molar-refractivity contribution is -0.127. The SMILES string of the molecule is O=C(Nc1ccccc1)C1CCCC(F)(F)C1. The summed E-state index contributed by atoms with van der Waals surface area (Å²) in [5, 5.41) is 2.68. The number of carbonyl (C=O) groups excluding carboxylic acids is 1. The Kier molecular flexibility index (Phi) is 3.41. The van der Waals surface area contributed by atoms with Gasteiger partial charge in [0.2, 0.25) is 11.8 Å². The molecule has 0 aromatic heterocycles. The first-order valence-electron chi connectivity index (χ1n) is 5.81. The number of para-hydroxylation sites is 1. The number of amides is 1. The van der Waals surface area contributed by atoms with E-state index in [9.17, 15) is 13.6 Å². The zero-order valence-electron chi connectivity index (χ0n) is 9.46. The highest BCUT2D eigenvalue weighted by atomic mass is 19.3. The van der Waals surface area contributed by atoms with Gasteiger partial charge in [-0.2, -0.15) is 0 Å². The molecule has 1 unspecified atom stereocenters. The minimum Gasteiger partial charge on any atom is -0.326 e. The van der Waals surface area contributed by atoms with Crippen molar-refractivity contribution in [2.45, 2.75) is 31.6 Å². The van der Waals surface area contributed by atoms with E-state index < -0.39 is 11.8 Å². The van der Waals surface area contributed by atoms with Crippen molar-refractivity contribution in [3.8, 4) is 0 Å². The van der Waals surface area contributed by atoms with Crippen LogP contribution in [0.25, 0.3) is 0 Å². The molecular formula is C13H15F2NO. The molecule has 0 saturated heterocycles. The highest BCUT2D eigenvalue weighted by Gasteiger charge is 2.39. The van der Waals surface area contributed by atoms with Gasteiger partial charge >= 0.3 is 0 Å². The highest BCUT2D eigenvalue weighted by Crippen LogP contribution is 2.37. The van der Waals surface area contributed by atoms with E-state index in [-0.39, 0.29) is 18.7 Å². The molecule has 1 saturated carbocycles. The van der Waals surface area contributed by atoms with E-state index in [0.717, 1.165) is 0 Å². The largest absolute Gasteiger partial charge is 0.326 e. The summed E-state index contributed by atoms with van der Waals surface area (Å²) in [6, 6.07) is 8.93. The van der Waals surface area contributed by atoms with Crippen LogP contribution in [0.1, 0.15) is 25.7 Å². The second kappa shape index (κ2) is 4.82. The summed E-state index contributed by atoms with van der Waals surface area (Å²) in [5.41, 5.74) is 0.659. The minimum absolute atomic E-state index is 0.0951. The van der Waals surface area contributed by atoms with Gasteiger partial charge in [0.1, 0.15) is 0 Å². The molecule has 0 spiro atoms. The fraction of sp³-hybridized carbons (Fsp3) is 0.462. The predicted molar refractivity (Wildman–Crippen MR) is 62.0 cm³/mol. The summed E-state index contributed by atoms with van der Waals surface area (Å²) in [6.45, 7) is 0. The van der Waals surface area contributed by atoms with Crippen LogP contribution in [0.5, 0.6) is 0 Å². The quantitative estimate of drug-likeness (QED) is 0.841. The molecule has 92 valence electrons. The van der Waals surface area contributed by atoms with Gasteiger partial charge < -0.3 is 5.32 Å². The Balaban J connectivity index is 1.96. The van der Waals surface area contributed by atoms with Crippen LogP contribution in [0.3, 0.4) is 0 Å². The van der Waals surface area contributed by atoms with E-state index >= 15 is 0 Å². The van der Waals surface area contributed by atoms with Gasteiger partial charge in [0, 0.05) is 24.4 Å². The minimum atomic E-state index is -2.68. The van der Waals surface area contributed by atoms with Gasteiger partial charge in [0.05, 0.1) is 0 Å². The van der Waals surface area contributed by atoms with Gasteiger partial charge in [-0.25, -0.2) is 8.78 Å². The first kappa shape index (κ1) is 12.0. The predicted octanol–water partition coefficient (Wildman–Crippen LogP) is 3.45. The van der Waals surface area contributed by atoms with Crippen LogP contribution >= 0.6 is 0 Å². The maximum atomic E-state index is 13.2. The topological polar surface area (TPSA) is 29.1 Å². The van der Waals surface area contributed by atoms with E-state index in [2.05, 4.69) is 5.32 Å². The van der Waals surface area contributed by atoms with Crippen LogP contribution in [0, 0.1) is 5.92 Å². The van der Waals surface area contributed by atoms with E-state index in [1.54, 1.807) is 24.3 Å². The molecule has 1 aliphatic rings. The van der Waals surface area contributed by atoms with E-state index in [4.69, 9.17) is 0 Å². The van der Waals surface area contributed by atoms with Crippen LogP contribution in [-0.4, -0.2) is 11.8 Å². The van der Waals surface area contributed by atoms with Crippen LogP contribution in [0.2, 0.25) is 0 Å². The molecule has 1 aromatic rings. The van der Waals surface area contributed by atoms with Crippen molar-refractivity contribution in [1.82, 2.24) is 0 Å². The number of carbonyl (C=O) groups is 1. The van der Waals surface area contributed by atoms with Gasteiger partial charge in [-0.3, -0.25) is 4.79 Å². The lowest BCUT2D eigenvalue weighted by atomic mass is 9.86. The molecule has 1 aromatic carbocycles. The first-order valence-corrected chi connectivity index (χ1v) is 5.81. The Bertz CT molecular complexity index is 392. The second-order valence-electron chi connectivity index (χ2n) is 4.50. The van der Waals surface area contributed by atoms with E-state index in [1.165, 1.54) is 0 Å². The lowest BCUT2D eigenvalue weighted by Gasteiger charge is -2.27. The third-order valence-electron chi connectivity index (χ3n) is 3.05. The van der Waals surface area contributed by atoms with Crippen molar-refractivity contribution >= 4 is 11.6 Å². The zero-order valence-corrected chi connectivity index (χ0v) is 9.46. The molecule has 1 N–H and O–H groups in total. The fourth-order valence-corrected chi connectivity index (χ4v) is 2.16. The summed E-state index contributed by atoms with van der Waals surface area (Å²) < 4.78 is 26.3. The average molecular weight is 239 g/mol. The average Bonchev–Trinajstić information content (AvgIpc) is 2.29. The van der Waals surface area contributed by atoms with Gasteiger partial charge in [0.25, 0.3) is 0 Å². The Morgan fingerprint density at radius 2 is 2.00 bits per heavy atom. The van der Waals surface area contributed by atoms with Crippen LogP contribution < -0.4 is 5.32 Å². The number of benzene rings is 1. The summed E-state index contributed by atoms with van der Waals surface area (Å²) in [5.74, 6) is -3.55. The number of rotatable bonds is 2. The van der Waals surface area contributed by atoms with Crippen molar-refractivity contribution in [2.24, 2.45) is 5.92 Å². The molecule has 0 radical (unpaired) electrons. The smallest absolute Gasteiger partial charge is 0.248 e. The Morgan fingerprint density at radius 1 is 1.29 bits per heavy atom. The molecule has 1 fully saturated rings. The van der Waals surface area contributed by atoms with Gasteiger partial charge in [-0.1, -0.05) is 18.2 Å². The van der Waals surface area contributed by atoms with Gasteiger partial charge in [0.15, 0.2) is 0 Å². The molecule has 1 atom stereocenters. The summed E-state index contributed by atoms with van der Waals surface area (Å²) in [7, 11) is 0. The molecular weight excluding hydrogens is 224 g/mol. The Hall–Kier alpha value is -1.45. The standard InChI is InChI=1S/C13H15F2NO/c14-13(15)8-4-5-10(9-13)12(17)16-11-6-2-1-3-7-11/h1-3,6-7,10H,4-5,8-9H2,(H,16,17). The molecule has 2 rings (SSSR count). The second-order valence-corrected chi connectivity index (χ2v) is 4.50. The molecule has 0 heterocycles. The molecule has 0 bridgehead atoms. The van der Waals surface area contributed by atoms with Crippen LogP contribution in [-0.2, 0) is 4.79 Å². The normalized spacial score (nSPS) is 23.1. The highest BCUT2D eigenvalue weighted by molar-refractivity contribution is 5.92. The number of nitrogens with one attached hydrogen (secondary N) is 1. The summed E-state index contributed by atoms with van der Waals surface area (Å²) >= 11 is 0. The van der Waals surface area contributed by atoms with Crippen molar-refractivity contribution in [3.63, 3.8) is 0 Å². The van der Waals surface area contributed by atoms with Crippen molar-refractivity contribution < 1.29 is 13.6 Å². The maximum Gasteiger partial charge on any atom is 0.248 e. The number of anilines is 1. The number of hydrogen-bond acceptors (Lipinski definition) is 1. The maximum absolute atomic E-state index is 13.2. The monoisotopic (exact) mass is 239 g/mol. The molecule has 1 amide bonds. The summed E-state index contributed by atoms with van der Waals surface area (Å²) in [4.78, 5) is 11.8. The van der Waals surface area contributed by atoms with Crippen LogP contribution in [0.4, 0.5) is 14.5 Å². The number of hydrogen-bond donors (Lipinski definition) is 1. The molecule has 4 heteroatoms. The molecule has 17 heavy (non-hydrogen) atoms. The van der Waals surface area contributed by atoms with Crippen LogP contribution in [0.15, 0.2) is 30.3 Å². The van der Waals surface area contributed by atoms with Gasteiger partial charge in [-0.05, 0) is 25.0 Å². The summed E-state index contributed by atoms with van der Waals surface area (Å²) in [6.07, 6.45) is 0.544. The zero-order chi connectivity index (χ0) is 12.3. The Morgan fingerprint density at radius 3 is 2.65 bits per heavy atom. The first-order chi connectivity index (χ1) is 8.07. The van der Waals surface area contributed by atoms with E-state index in [1.807, 2.05) is 6.07 Å². The van der Waals surface area contributed by atoms with E-state index in [0.29, 0.717) is 18.5 Å². The molecule has 2 nitrogen and oxygen atoms in total. The van der Waals surface area contributed by atoms with Gasteiger partial charge in [-0.15, -0.1) is 0 Å². The molecule has 1 aliphatic carbocycles. The third-order valence-corrected chi connectivity index (χ3v) is 3.05. The van der Waals surface area contributed by atoms with Crippen molar-refractivity contribution in [1.29, 1.82) is 0 Å².